The van der Waals surface area contributed by atoms with Gasteiger partial charge in [0.15, 0.2) is 0 Å². The van der Waals surface area contributed by atoms with Crippen molar-refractivity contribution in [3.05, 3.63) is 59.9 Å². The Labute approximate surface area is 124 Å². The molecule has 1 aromatic carbocycles. The Hall–Kier alpha value is -2.69. The van der Waals surface area contributed by atoms with Crippen LogP contribution < -0.4 is 10.7 Å². The molecule has 5 nitrogen and oxygen atoms in total. The van der Waals surface area contributed by atoms with Gasteiger partial charge in [-0.25, -0.2) is 5.43 Å². The Balaban J connectivity index is 1.88. The average molecular weight is 282 g/mol. The molecule has 0 unspecified atom stereocenters. The standard InChI is InChI=1S/C16H18N4O/c1-12-5-3-4-6-15(12)19-13(2)16(21)20-18-11-14-7-9-17-10-8-14/h3-11,13,19H,1-2H3,(H,20,21)/b18-11-/t13-/m0/s1. The van der Waals surface area contributed by atoms with E-state index in [1.807, 2.05) is 43.3 Å². The van der Waals surface area contributed by atoms with Crippen molar-refractivity contribution in [2.75, 3.05) is 5.32 Å². The van der Waals surface area contributed by atoms with E-state index in [1.54, 1.807) is 25.5 Å². The molecule has 0 saturated carbocycles. The molecule has 0 saturated heterocycles. The highest BCUT2D eigenvalue weighted by Crippen LogP contribution is 2.14. The topological polar surface area (TPSA) is 66.4 Å². The molecule has 2 N–H and O–H groups in total. The van der Waals surface area contributed by atoms with E-state index in [2.05, 4.69) is 20.8 Å². The molecule has 21 heavy (non-hydrogen) atoms. The third kappa shape index (κ3) is 4.42. The smallest absolute Gasteiger partial charge is 0.262 e. The molecule has 0 aliphatic heterocycles. The van der Waals surface area contributed by atoms with Crippen molar-refractivity contribution in [1.29, 1.82) is 0 Å². The van der Waals surface area contributed by atoms with E-state index in [0.717, 1.165) is 16.8 Å². The first-order valence-electron chi connectivity index (χ1n) is 6.72. The van der Waals surface area contributed by atoms with Gasteiger partial charge >= 0.3 is 0 Å². The van der Waals surface area contributed by atoms with Crippen molar-refractivity contribution in [1.82, 2.24) is 10.4 Å². The van der Waals surface area contributed by atoms with Gasteiger partial charge in [-0.1, -0.05) is 18.2 Å². The number of para-hydroxylation sites is 1. The second-order valence-corrected chi connectivity index (χ2v) is 4.70. The molecule has 1 atom stereocenters. The van der Waals surface area contributed by atoms with Gasteiger partial charge < -0.3 is 5.32 Å². The number of nitrogens with one attached hydrogen (secondary N) is 2. The quantitative estimate of drug-likeness (QED) is 0.653. The number of anilines is 1. The summed E-state index contributed by atoms with van der Waals surface area (Å²) in [6, 6.07) is 11.1. The Morgan fingerprint density at radius 1 is 1.24 bits per heavy atom. The molecular formula is C16H18N4O. The average Bonchev–Trinajstić information content (AvgIpc) is 2.50. The first-order valence-corrected chi connectivity index (χ1v) is 6.72. The lowest BCUT2D eigenvalue weighted by molar-refractivity contribution is -0.121. The minimum atomic E-state index is -0.374. The van der Waals surface area contributed by atoms with Crippen LogP contribution in [0.1, 0.15) is 18.1 Å². The fourth-order valence-electron chi connectivity index (χ4n) is 1.75. The van der Waals surface area contributed by atoms with Gasteiger partial charge in [-0.2, -0.15) is 5.10 Å². The van der Waals surface area contributed by atoms with Crippen LogP contribution in [-0.4, -0.2) is 23.1 Å². The van der Waals surface area contributed by atoms with Gasteiger partial charge in [-0.15, -0.1) is 0 Å². The highest BCUT2D eigenvalue weighted by atomic mass is 16.2. The zero-order valence-electron chi connectivity index (χ0n) is 12.1. The van der Waals surface area contributed by atoms with E-state index in [0.29, 0.717) is 0 Å². The van der Waals surface area contributed by atoms with Gasteiger partial charge in [0.05, 0.1) is 6.21 Å². The van der Waals surface area contributed by atoms with Gasteiger partial charge in [0.25, 0.3) is 5.91 Å². The minimum absolute atomic E-state index is 0.191. The lowest BCUT2D eigenvalue weighted by Gasteiger charge is -2.15. The number of pyridine rings is 1. The number of hydrogen-bond acceptors (Lipinski definition) is 4. The molecule has 1 aromatic heterocycles. The Kier molecular flexibility index (Phi) is 5.04. The van der Waals surface area contributed by atoms with Gasteiger partial charge in [0.1, 0.15) is 6.04 Å². The zero-order valence-corrected chi connectivity index (χ0v) is 12.1. The SMILES string of the molecule is Cc1ccccc1N[C@@H](C)C(=O)N/N=C\c1ccncc1. The first kappa shape index (κ1) is 14.7. The van der Waals surface area contributed by atoms with E-state index in [9.17, 15) is 4.79 Å². The van der Waals surface area contributed by atoms with Crippen LogP contribution in [0.15, 0.2) is 53.9 Å². The highest BCUT2D eigenvalue weighted by Gasteiger charge is 2.12. The summed E-state index contributed by atoms with van der Waals surface area (Å²) in [6.45, 7) is 3.79. The summed E-state index contributed by atoms with van der Waals surface area (Å²) >= 11 is 0. The number of hydrogen-bond donors (Lipinski definition) is 2. The fraction of sp³-hybridized carbons (Fsp3) is 0.188. The number of carbonyl (C=O) groups is 1. The fourth-order valence-corrected chi connectivity index (χ4v) is 1.75. The van der Waals surface area contributed by atoms with Crippen molar-refractivity contribution in [3.8, 4) is 0 Å². The summed E-state index contributed by atoms with van der Waals surface area (Å²) in [5, 5.41) is 7.10. The summed E-state index contributed by atoms with van der Waals surface area (Å²) in [7, 11) is 0. The largest absolute Gasteiger partial charge is 0.374 e. The van der Waals surface area contributed by atoms with Crippen LogP contribution >= 0.6 is 0 Å². The Morgan fingerprint density at radius 2 is 1.95 bits per heavy atom. The molecular weight excluding hydrogens is 264 g/mol. The maximum absolute atomic E-state index is 11.9. The van der Waals surface area contributed by atoms with E-state index in [4.69, 9.17) is 0 Å². The maximum atomic E-state index is 11.9. The molecule has 0 spiro atoms. The molecule has 2 rings (SSSR count). The number of aryl methyl sites for hydroxylation is 1. The molecule has 1 heterocycles. The van der Waals surface area contributed by atoms with Crippen molar-refractivity contribution < 1.29 is 4.79 Å². The number of nitrogens with zero attached hydrogens (tertiary/aromatic N) is 2. The molecule has 2 aromatic rings. The van der Waals surface area contributed by atoms with Crippen LogP contribution in [0, 0.1) is 6.92 Å². The predicted octanol–water partition coefficient (Wildman–Crippen LogP) is 2.34. The zero-order chi connectivity index (χ0) is 15.1. The van der Waals surface area contributed by atoms with E-state index in [-0.39, 0.29) is 11.9 Å². The summed E-state index contributed by atoms with van der Waals surface area (Å²) in [5.41, 5.74) is 5.44. The monoisotopic (exact) mass is 282 g/mol. The van der Waals surface area contributed by atoms with Crippen molar-refractivity contribution >= 4 is 17.8 Å². The summed E-state index contributed by atoms with van der Waals surface area (Å²) in [6.07, 6.45) is 4.93. The summed E-state index contributed by atoms with van der Waals surface area (Å²) in [5.74, 6) is -0.191. The van der Waals surface area contributed by atoms with E-state index in [1.165, 1.54) is 0 Å². The molecule has 5 heteroatoms. The van der Waals surface area contributed by atoms with Gasteiger partial charge in [-0.3, -0.25) is 9.78 Å². The molecule has 0 aliphatic carbocycles. The van der Waals surface area contributed by atoms with Crippen LogP contribution in [-0.2, 0) is 4.79 Å². The molecule has 108 valence electrons. The minimum Gasteiger partial charge on any atom is -0.374 e. The molecule has 0 bridgehead atoms. The van der Waals surface area contributed by atoms with Crippen molar-refractivity contribution in [2.45, 2.75) is 19.9 Å². The maximum Gasteiger partial charge on any atom is 0.262 e. The lowest BCUT2D eigenvalue weighted by atomic mass is 10.2. The molecule has 0 aliphatic rings. The molecule has 0 radical (unpaired) electrons. The van der Waals surface area contributed by atoms with Gasteiger partial charge in [-0.05, 0) is 43.2 Å². The first-order chi connectivity index (χ1) is 10.2. The second-order valence-electron chi connectivity index (χ2n) is 4.70. The molecule has 1 amide bonds. The second kappa shape index (κ2) is 7.19. The summed E-state index contributed by atoms with van der Waals surface area (Å²) < 4.78 is 0. The summed E-state index contributed by atoms with van der Waals surface area (Å²) in [4.78, 5) is 15.9. The number of hydrazone groups is 1. The van der Waals surface area contributed by atoms with Crippen molar-refractivity contribution in [3.63, 3.8) is 0 Å². The predicted molar refractivity (Wildman–Crippen MR) is 84.2 cm³/mol. The number of rotatable bonds is 5. The highest BCUT2D eigenvalue weighted by molar-refractivity contribution is 5.86. The van der Waals surface area contributed by atoms with E-state index < -0.39 is 0 Å². The van der Waals surface area contributed by atoms with Crippen molar-refractivity contribution in [2.24, 2.45) is 5.10 Å². The van der Waals surface area contributed by atoms with Crippen LogP contribution in [0.2, 0.25) is 0 Å². The number of amides is 1. The van der Waals surface area contributed by atoms with Gasteiger partial charge in [0.2, 0.25) is 0 Å². The van der Waals surface area contributed by atoms with Crippen LogP contribution in [0.4, 0.5) is 5.69 Å². The Morgan fingerprint density at radius 3 is 2.67 bits per heavy atom. The Bertz CT molecular complexity index is 625. The van der Waals surface area contributed by atoms with Crippen LogP contribution in [0.25, 0.3) is 0 Å². The van der Waals surface area contributed by atoms with E-state index >= 15 is 0 Å². The third-order valence-corrected chi connectivity index (χ3v) is 3.00. The number of benzene rings is 1. The molecule has 0 fully saturated rings. The van der Waals surface area contributed by atoms with Crippen LogP contribution in [0.3, 0.4) is 0 Å². The van der Waals surface area contributed by atoms with Crippen LogP contribution in [0.5, 0.6) is 0 Å². The number of aromatic nitrogens is 1. The number of carbonyl (C=O) groups excluding carboxylic acids is 1. The third-order valence-electron chi connectivity index (χ3n) is 3.00. The van der Waals surface area contributed by atoms with Gasteiger partial charge in [0, 0.05) is 18.1 Å². The lowest BCUT2D eigenvalue weighted by Crippen LogP contribution is -2.35. The normalized spacial score (nSPS) is 12.1.